The van der Waals surface area contributed by atoms with Crippen LogP contribution >= 0.6 is 11.6 Å². The fraction of sp³-hybridized carbons (Fsp3) is 0.261. The van der Waals surface area contributed by atoms with Gasteiger partial charge in [0.1, 0.15) is 11.6 Å². The van der Waals surface area contributed by atoms with E-state index in [1.165, 1.54) is 30.6 Å². The van der Waals surface area contributed by atoms with Crippen molar-refractivity contribution < 1.29 is 14.3 Å². The van der Waals surface area contributed by atoms with E-state index in [1.807, 2.05) is 11.9 Å². The van der Waals surface area contributed by atoms with Crippen LogP contribution < -0.4 is 21.1 Å². The normalized spacial score (nSPS) is 13.5. The summed E-state index contributed by atoms with van der Waals surface area (Å²) in [5, 5.41) is 15.5. The Balaban J connectivity index is 1.83. The van der Waals surface area contributed by atoms with Gasteiger partial charge in [-0.2, -0.15) is 0 Å². The van der Waals surface area contributed by atoms with Crippen LogP contribution in [0.5, 0.6) is 0 Å². The van der Waals surface area contributed by atoms with Gasteiger partial charge in [0.25, 0.3) is 11.5 Å². The number of aromatic nitrogens is 2. The molecule has 33 heavy (non-hydrogen) atoms. The van der Waals surface area contributed by atoms with Crippen LogP contribution in [0.4, 0.5) is 21.6 Å². The Labute approximate surface area is 194 Å². The summed E-state index contributed by atoms with van der Waals surface area (Å²) in [6, 6.07) is 6.84. The number of likely N-dealkylation sites (N-methyl/N-ethyl adjacent to an activating group) is 1. The number of carbonyl (C=O) groups excluding carboxylic acids is 1. The molecule has 0 aliphatic carbocycles. The molecule has 0 bridgehead atoms. The zero-order valence-electron chi connectivity index (χ0n) is 18.1. The van der Waals surface area contributed by atoms with E-state index in [4.69, 9.17) is 11.6 Å². The van der Waals surface area contributed by atoms with Crippen LogP contribution in [0.15, 0.2) is 47.5 Å². The van der Waals surface area contributed by atoms with Crippen LogP contribution in [0.25, 0.3) is 11.1 Å². The number of pyridine rings is 2. The number of amides is 1. The van der Waals surface area contributed by atoms with Gasteiger partial charge in [0, 0.05) is 49.2 Å². The van der Waals surface area contributed by atoms with Crippen LogP contribution in [0.1, 0.15) is 17.3 Å². The summed E-state index contributed by atoms with van der Waals surface area (Å²) in [4.78, 5) is 31.9. The molecule has 0 saturated heterocycles. The molecule has 10 heteroatoms. The number of hydrogen-bond donors (Lipinski definition) is 3. The largest absolute Gasteiger partial charge is 0.394 e. The number of aliphatic hydroxyl groups excluding tert-OH is 1. The number of halogens is 2. The van der Waals surface area contributed by atoms with Crippen LogP contribution in [-0.4, -0.2) is 46.8 Å². The van der Waals surface area contributed by atoms with Gasteiger partial charge in [-0.05, 0) is 37.3 Å². The fourth-order valence-corrected chi connectivity index (χ4v) is 3.97. The second-order valence-corrected chi connectivity index (χ2v) is 8.34. The van der Waals surface area contributed by atoms with Crippen molar-refractivity contribution in [3.63, 3.8) is 0 Å². The molecule has 1 aliphatic heterocycles. The Hall–Kier alpha value is -3.43. The van der Waals surface area contributed by atoms with E-state index in [1.54, 1.807) is 23.6 Å². The second kappa shape index (κ2) is 9.21. The summed E-state index contributed by atoms with van der Waals surface area (Å²) >= 11 is 6.07. The summed E-state index contributed by atoms with van der Waals surface area (Å²) in [5.41, 5.74) is 1.17. The molecule has 1 amide bonds. The first-order chi connectivity index (χ1) is 15.8. The number of hydrogen-bond acceptors (Lipinski definition) is 6. The first-order valence-electron chi connectivity index (χ1n) is 10.4. The van der Waals surface area contributed by atoms with E-state index >= 15 is 0 Å². The zero-order valence-corrected chi connectivity index (χ0v) is 18.9. The highest BCUT2D eigenvalue weighted by molar-refractivity contribution is 6.30. The summed E-state index contributed by atoms with van der Waals surface area (Å²) in [7, 11) is 1.85. The van der Waals surface area contributed by atoms with Gasteiger partial charge in [-0.1, -0.05) is 11.6 Å². The maximum atomic E-state index is 14.6. The molecule has 2 aromatic heterocycles. The highest BCUT2D eigenvalue weighted by Gasteiger charge is 2.26. The third kappa shape index (κ3) is 4.42. The Morgan fingerprint density at radius 3 is 2.79 bits per heavy atom. The third-order valence-corrected chi connectivity index (χ3v) is 5.72. The number of rotatable bonds is 6. The first-order valence-corrected chi connectivity index (χ1v) is 10.7. The van der Waals surface area contributed by atoms with Crippen molar-refractivity contribution in [2.45, 2.75) is 19.5 Å². The predicted molar refractivity (Wildman–Crippen MR) is 126 cm³/mol. The highest BCUT2D eigenvalue weighted by atomic mass is 35.5. The average molecular weight is 472 g/mol. The average Bonchev–Trinajstić information content (AvgIpc) is 3.20. The Bertz CT molecular complexity index is 1280. The van der Waals surface area contributed by atoms with Crippen LogP contribution in [0, 0.1) is 5.82 Å². The molecule has 3 N–H and O–H groups in total. The van der Waals surface area contributed by atoms with Gasteiger partial charge in [-0.3, -0.25) is 19.1 Å². The molecule has 0 unspecified atom stereocenters. The number of nitrogens with one attached hydrogen (secondary N) is 2. The minimum atomic E-state index is -0.559. The molecule has 1 aliphatic rings. The van der Waals surface area contributed by atoms with Crippen molar-refractivity contribution in [1.82, 2.24) is 14.9 Å². The van der Waals surface area contributed by atoms with Gasteiger partial charge in [0.2, 0.25) is 0 Å². The van der Waals surface area contributed by atoms with E-state index in [0.29, 0.717) is 35.3 Å². The number of fused-ring (bicyclic) bond motifs is 1. The minimum Gasteiger partial charge on any atom is -0.394 e. The van der Waals surface area contributed by atoms with E-state index in [9.17, 15) is 19.1 Å². The molecule has 1 aromatic carbocycles. The Kier molecular flexibility index (Phi) is 6.35. The molecular weight excluding hydrogens is 449 g/mol. The quantitative estimate of drug-likeness (QED) is 0.511. The molecule has 0 fully saturated rings. The topological polar surface area (TPSA) is 99.5 Å². The second-order valence-electron chi connectivity index (χ2n) is 7.90. The molecule has 0 saturated carbocycles. The molecule has 3 heterocycles. The lowest BCUT2D eigenvalue weighted by Crippen LogP contribution is -2.35. The standard InChI is InChI=1S/C23H23ClFN5O3/c1-13(12-31)27-21(32)17-11-26-6-5-19(17)28-20-10-16(15-9-14(24)3-4-18(15)25)23(33)30-8-7-29(2)22(20)30/h3-6,9-11,13,31H,7-8,12H2,1-2H3,(H,26,28)(H,27,32)/t13-/m0/s1. The maximum Gasteiger partial charge on any atom is 0.260 e. The van der Waals surface area contributed by atoms with Gasteiger partial charge < -0.3 is 20.6 Å². The van der Waals surface area contributed by atoms with Gasteiger partial charge in [-0.15, -0.1) is 0 Å². The van der Waals surface area contributed by atoms with E-state index < -0.39 is 17.8 Å². The summed E-state index contributed by atoms with van der Waals surface area (Å²) in [6.45, 7) is 2.51. The van der Waals surface area contributed by atoms with Crippen molar-refractivity contribution >= 4 is 34.7 Å². The summed E-state index contributed by atoms with van der Waals surface area (Å²) < 4.78 is 16.2. The van der Waals surface area contributed by atoms with E-state index in [-0.39, 0.29) is 28.9 Å². The lowest BCUT2D eigenvalue weighted by molar-refractivity contribution is 0.0923. The van der Waals surface area contributed by atoms with Crippen molar-refractivity contribution in [1.29, 1.82) is 0 Å². The Morgan fingerprint density at radius 1 is 1.24 bits per heavy atom. The number of anilines is 3. The molecule has 1 atom stereocenters. The lowest BCUT2D eigenvalue weighted by Gasteiger charge is -2.20. The van der Waals surface area contributed by atoms with Crippen molar-refractivity contribution in [3.05, 3.63) is 69.5 Å². The van der Waals surface area contributed by atoms with E-state index in [2.05, 4.69) is 15.6 Å². The van der Waals surface area contributed by atoms with Crippen molar-refractivity contribution in [3.8, 4) is 11.1 Å². The fourth-order valence-electron chi connectivity index (χ4n) is 3.80. The molecule has 8 nitrogen and oxygen atoms in total. The van der Waals surface area contributed by atoms with Crippen molar-refractivity contribution in [2.75, 3.05) is 30.4 Å². The number of aliphatic hydroxyl groups is 1. The predicted octanol–water partition coefficient (Wildman–Crippen LogP) is 3.01. The van der Waals surface area contributed by atoms with E-state index in [0.717, 1.165) is 0 Å². The minimum absolute atomic E-state index is 0.102. The SMILES string of the molecule is C[C@@H](CO)NC(=O)c1cnccc1Nc1cc(-c2cc(Cl)ccc2F)c(=O)n2c1N(C)CC2. The Morgan fingerprint density at radius 2 is 2.03 bits per heavy atom. The maximum absolute atomic E-state index is 14.6. The van der Waals surface area contributed by atoms with Gasteiger partial charge in [-0.25, -0.2) is 4.39 Å². The monoisotopic (exact) mass is 471 g/mol. The molecular formula is C23H23ClFN5O3. The van der Waals surface area contributed by atoms with Crippen LogP contribution in [-0.2, 0) is 6.54 Å². The molecule has 0 spiro atoms. The third-order valence-electron chi connectivity index (χ3n) is 5.49. The summed E-state index contributed by atoms with van der Waals surface area (Å²) in [6.07, 6.45) is 2.95. The van der Waals surface area contributed by atoms with Gasteiger partial charge >= 0.3 is 0 Å². The smallest absolute Gasteiger partial charge is 0.260 e. The molecule has 0 radical (unpaired) electrons. The number of nitrogens with zero attached hydrogens (tertiary/aromatic N) is 3. The number of benzene rings is 1. The molecule has 3 aromatic rings. The lowest BCUT2D eigenvalue weighted by atomic mass is 10.1. The van der Waals surface area contributed by atoms with Crippen LogP contribution in [0.3, 0.4) is 0 Å². The van der Waals surface area contributed by atoms with Gasteiger partial charge in [0.05, 0.1) is 29.1 Å². The van der Waals surface area contributed by atoms with Crippen molar-refractivity contribution in [2.24, 2.45) is 0 Å². The molecule has 172 valence electrons. The summed E-state index contributed by atoms with van der Waals surface area (Å²) in [5.74, 6) is -0.347. The number of carbonyl (C=O) groups is 1. The van der Waals surface area contributed by atoms with Crippen LogP contribution in [0.2, 0.25) is 5.02 Å². The first kappa shape index (κ1) is 22.8. The highest BCUT2D eigenvalue weighted by Crippen LogP contribution is 2.35. The van der Waals surface area contributed by atoms with Gasteiger partial charge in [0.15, 0.2) is 0 Å². The molecule has 4 rings (SSSR count). The zero-order chi connectivity index (χ0) is 23.7.